The van der Waals surface area contributed by atoms with Crippen molar-refractivity contribution in [3.63, 3.8) is 0 Å². The van der Waals surface area contributed by atoms with E-state index in [2.05, 4.69) is 141 Å². The third kappa shape index (κ3) is 46.6. The first kappa shape index (κ1) is 73.3. The standard InChI is InChI=1S/C70H117NO8/c1-3-5-7-9-11-13-15-17-19-21-23-25-27-28-29-30-31-32-33-34-35-36-38-40-42-44-46-48-50-52-54-56-58-60-66(74)71-63(62-78-70-69(77)68(76)67(75)65(61-72)79-70)64(73)59-57-55-53-51-49-47-45-43-41-39-37-26-24-22-20-18-16-14-12-10-8-6-4-2/h5,7,11,13,17,19,23,25,28-29,31-32,34-35,38,40,44,46,49,51,57,59,63-65,67-70,72-73,75-77H,3-4,6,8-10,12,14-16,18,20-22,24,26-27,30,33,36-37,39,41-43,45,47-48,50,52-56,58,60-62H2,1-2H3,(H,71,74)/b7-5-,13-11-,19-17-,25-23-,29-28-,32-31-,35-34-,40-38-,46-44-,51-49+,59-57+. The van der Waals surface area contributed by atoms with Crippen LogP contribution in [0.15, 0.2) is 134 Å². The topological polar surface area (TPSA) is 149 Å². The van der Waals surface area contributed by atoms with Gasteiger partial charge < -0.3 is 40.3 Å². The van der Waals surface area contributed by atoms with Crippen molar-refractivity contribution in [2.75, 3.05) is 13.2 Å². The highest BCUT2D eigenvalue weighted by molar-refractivity contribution is 5.76. The lowest BCUT2D eigenvalue weighted by atomic mass is 9.99. The monoisotopic (exact) mass is 1100 g/mol. The average Bonchev–Trinajstić information content (AvgIpc) is 3.47. The van der Waals surface area contributed by atoms with Crippen LogP contribution in [0.1, 0.15) is 245 Å². The van der Waals surface area contributed by atoms with E-state index >= 15 is 0 Å². The van der Waals surface area contributed by atoms with Crippen molar-refractivity contribution in [3.8, 4) is 0 Å². The van der Waals surface area contributed by atoms with E-state index in [0.717, 1.165) is 116 Å². The SMILES string of the molecule is CC/C=C\C/C=C\C/C=C\C/C=C\C/C=C\C/C=C\C/C=C\C/C=C\C/C=C\CCCCCCCC(=O)NC(COC1OC(CO)C(O)C(O)C1O)C(O)/C=C/CC/C=C/CCCCCCCCCCCCCCCCCCC. The van der Waals surface area contributed by atoms with Gasteiger partial charge in [-0.3, -0.25) is 4.79 Å². The number of ether oxygens (including phenoxy) is 2. The quantitative estimate of drug-likeness (QED) is 0.0261. The fourth-order valence-electron chi connectivity index (χ4n) is 9.22. The van der Waals surface area contributed by atoms with E-state index in [1.807, 2.05) is 6.08 Å². The Morgan fingerprint density at radius 1 is 0.443 bits per heavy atom. The molecule has 450 valence electrons. The number of hydrogen-bond donors (Lipinski definition) is 6. The molecule has 7 atom stereocenters. The van der Waals surface area contributed by atoms with Gasteiger partial charge >= 0.3 is 0 Å². The van der Waals surface area contributed by atoms with Crippen LogP contribution in [0.2, 0.25) is 0 Å². The molecule has 7 unspecified atom stereocenters. The number of carbonyl (C=O) groups excluding carboxylic acids is 1. The number of allylic oxidation sites excluding steroid dienone is 21. The molecule has 0 spiro atoms. The van der Waals surface area contributed by atoms with Crippen LogP contribution in [-0.2, 0) is 14.3 Å². The number of rotatable bonds is 53. The number of aliphatic hydroxyl groups is 5. The summed E-state index contributed by atoms with van der Waals surface area (Å²) in [6, 6.07) is -0.844. The van der Waals surface area contributed by atoms with Gasteiger partial charge in [0.05, 0.1) is 25.4 Å². The van der Waals surface area contributed by atoms with Gasteiger partial charge in [-0.1, -0.05) is 270 Å². The molecule has 0 aromatic rings. The first-order chi connectivity index (χ1) is 38.8. The van der Waals surface area contributed by atoms with Gasteiger partial charge in [0.1, 0.15) is 24.4 Å². The third-order valence-electron chi connectivity index (χ3n) is 14.2. The molecule has 0 aromatic heterocycles. The summed E-state index contributed by atoms with van der Waals surface area (Å²) >= 11 is 0. The maximum absolute atomic E-state index is 13.1. The molecule has 1 heterocycles. The Balaban J connectivity index is 2.25. The van der Waals surface area contributed by atoms with Crippen molar-refractivity contribution < 1.29 is 39.8 Å². The van der Waals surface area contributed by atoms with E-state index in [1.165, 1.54) is 109 Å². The molecule has 79 heavy (non-hydrogen) atoms. The zero-order chi connectivity index (χ0) is 57.2. The largest absolute Gasteiger partial charge is 0.394 e. The van der Waals surface area contributed by atoms with Gasteiger partial charge in [0.25, 0.3) is 0 Å². The Labute approximate surface area is 483 Å². The molecule has 1 fully saturated rings. The molecular formula is C70H117NO8. The molecule has 1 aliphatic heterocycles. The molecule has 0 saturated carbocycles. The number of aliphatic hydroxyl groups excluding tert-OH is 5. The molecule has 0 aromatic carbocycles. The van der Waals surface area contributed by atoms with Gasteiger partial charge in [0.2, 0.25) is 5.91 Å². The summed E-state index contributed by atoms with van der Waals surface area (Å²) in [6.07, 6.45) is 80.9. The molecule has 1 amide bonds. The Hall–Kier alpha value is -3.67. The van der Waals surface area contributed by atoms with Crippen molar-refractivity contribution in [1.82, 2.24) is 5.32 Å². The highest BCUT2D eigenvalue weighted by Gasteiger charge is 2.44. The van der Waals surface area contributed by atoms with Crippen molar-refractivity contribution >= 4 is 5.91 Å². The number of nitrogens with one attached hydrogen (secondary N) is 1. The Morgan fingerprint density at radius 2 is 0.797 bits per heavy atom. The lowest BCUT2D eigenvalue weighted by molar-refractivity contribution is -0.302. The molecule has 9 nitrogen and oxygen atoms in total. The second kappa shape index (κ2) is 57.6. The summed E-state index contributed by atoms with van der Waals surface area (Å²) in [7, 11) is 0. The van der Waals surface area contributed by atoms with Gasteiger partial charge in [0, 0.05) is 6.42 Å². The average molecular weight is 1100 g/mol. The van der Waals surface area contributed by atoms with Crippen LogP contribution in [0.3, 0.4) is 0 Å². The van der Waals surface area contributed by atoms with Crippen LogP contribution in [0.25, 0.3) is 0 Å². The van der Waals surface area contributed by atoms with Gasteiger partial charge in [0.15, 0.2) is 6.29 Å². The highest BCUT2D eigenvalue weighted by atomic mass is 16.7. The van der Waals surface area contributed by atoms with E-state index in [9.17, 15) is 30.3 Å². The van der Waals surface area contributed by atoms with Crippen LogP contribution in [-0.4, -0.2) is 87.5 Å². The first-order valence-corrected chi connectivity index (χ1v) is 31.9. The van der Waals surface area contributed by atoms with Crippen molar-refractivity contribution in [3.05, 3.63) is 134 Å². The fourth-order valence-corrected chi connectivity index (χ4v) is 9.22. The van der Waals surface area contributed by atoms with Crippen LogP contribution in [0.4, 0.5) is 0 Å². The molecule has 9 heteroatoms. The Kier molecular flexibility index (Phi) is 53.4. The van der Waals surface area contributed by atoms with Gasteiger partial charge in [-0.2, -0.15) is 0 Å². The third-order valence-corrected chi connectivity index (χ3v) is 14.2. The van der Waals surface area contributed by atoms with Crippen molar-refractivity contribution in [2.24, 2.45) is 0 Å². The summed E-state index contributed by atoms with van der Waals surface area (Å²) < 4.78 is 11.3. The second-order valence-corrected chi connectivity index (χ2v) is 21.5. The van der Waals surface area contributed by atoms with Gasteiger partial charge in [-0.15, -0.1) is 0 Å². The normalized spacial score (nSPS) is 19.5. The van der Waals surface area contributed by atoms with Crippen molar-refractivity contribution in [1.29, 1.82) is 0 Å². The molecule has 1 saturated heterocycles. The summed E-state index contributed by atoms with van der Waals surface area (Å²) in [4.78, 5) is 13.1. The van der Waals surface area contributed by atoms with E-state index in [0.29, 0.717) is 6.42 Å². The minimum Gasteiger partial charge on any atom is -0.394 e. The van der Waals surface area contributed by atoms with Crippen LogP contribution in [0.5, 0.6) is 0 Å². The maximum atomic E-state index is 13.1. The number of carbonyl (C=O) groups is 1. The van der Waals surface area contributed by atoms with Crippen molar-refractivity contribution in [2.45, 2.75) is 288 Å². The molecule has 0 aliphatic carbocycles. The van der Waals surface area contributed by atoms with E-state index in [-0.39, 0.29) is 12.5 Å². The minimum atomic E-state index is -1.59. The molecule has 6 N–H and O–H groups in total. The molecule has 1 rings (SSSR count). The fraction of sp³-hybridized carbons (Fsp3) is 0.671. The molecule has 0 radical (unpaired) electrons. The van der Waals surface area contributed by atoms with Crippen LogP contribution in [0, 0.1) is 0 Å². The predicted molar refractivity (Wildman–Crippen MR) is 336 cm³/mol. The number of unbranched alkanes of at least 4 members (excludes halogenated alkanes) is 23. The summed E-state index contributed by atoms with van der Waals surface area (Å²) in [5.74, 6) is -0.210. The molecule has 0 bridgehead atoms. The Morgan fingerprint density at radius 3 is 1.22 bits per heavy atom. The summed E-state index contributed by atoms with van der Waals surface area (Å²) in [5, 5.41) is 54.6. The van der Waals surface area contributed by atoms with E-state index < -0.39 is 49.5 Å². The van der Waals surface area contributed by atoms with Crippen LogP contribution >= 0.6 is 0 Å². The van der Waals surface area contributed by atoms with Crippen LogP contribution < -0.4 is 5.32 Å². The molecule has 1 aliphatic rings. The maximum Gasteiger partial charge on any atom is 0.220 e. The zero-order valence-corrected chi connectivity index (χ0v) is 50.1. The highest BCUT2D eigenvalue weighted by Crippen LogP contribution is 2.23. The van der Waals surface area contributed by atoms with Gasteiger partial charge in [-0.05, 0) is 103 Å². The zero-order valence-electron chi connectivity index (χ0n) is 50.1. The van der Waals surface area contributed by atoms with E-state index in [1.54, 1.807) is 6.08 Å². The molecular weight excluding hydrogens is 983 g/mol. The second-order valence-electron chi connectivity index (χ2n) is 21.5. The lowest BCUT2D eigenvalue weighted by Crippen LogP contribution is -2.60. The number of amides is 1. The minimum absolute atomic E-state index is 0.210. The van der Waals surface area contributed by atoms with E-state index in [4.69, 9.17) is 9.47 Å². The lowest BCUT2D eigenvalue weighted by Gasteiger charge is -2.40. The smallest absolute Gasteiger partial charge is 0.220 e. The Bertz CT molecular complexity index is 1700. The predicted octanol–water partition coefficient (Wildman–Crippen LogP) is 16.9. The number of hydrogen-bond acceptors (Lipinski definition) is 8. The van der Waals surface area contributed by atoms with Gasteiger partial charge in [-0.25, -0.2) is 0 Å². The summed E-state index contributed by atoms with van der Waals surface area (Å²) in [5.41, 5.74) is 0. The summed E-state index contributed by atoms with van der Waals surface area (Å²) in [6.45, 7) is 3.64. The first-order valence-electron chi connectivity index (χ1n) is 31.9.